The number of rotatable bonds is 6. The Kier molecular flexibility index (Phi) is 5.61. The molecule has 1 rings (SSSR count). The number of hydrogen-bond donors (Lipinski definition) is 1. The zero-order valence-electron chi connectivity index (χ0n) is 11.7. The summed E-state index contributed by atoms with van der Waals surface area (Å²) >= 11 is 5.92. The van der Waals surface area contributed by atoms with Crippen LogP contribution < -0.4 is 5.32 Å². The SMILES string of the molecule is CCNC(C)CC(C)(C)Cc1cc(Cl)ccc1F. The Hall–Kier alpha value is -0.600. The van der Waals surface area contributed by atoms with E-state index in [1.807, 2.05) is 0 Å². The fourth-order valence-electron chi connectivity index (χ4n) is 2.52. The third-order valence-corrected chi connectivity index (χ3v) is 3.32. The van der Waals surface area contributed by atoms with Gasteiger partial charge >= 0.3 is 0 Å². The molecule has 0 fully saturated rings. The molecule has 0 aromatic heterocycles. The molecule has 0 aliphatic rings. The largest absolute Gasteiger partial charge is 0.315 e. The molecule has 1 nitrogen and oxygen atoms in total. The molecule has 0 bridgehead atoms. The van der Waals surface area contributed by atoms with Crippen molar-refractivity contribution in [3.05, 3.63) is 34.6 Å². The molecule has 1 atom stereocenters. The highest BCUT2D eigenvalue weighted by Crippen LogP contribution is 2.29. The van der Waals surface area contributed by atoms with E-state index in [0.717, 1.165) is 13.0 Å². The smallest absolute Gasteiger partial charge is 0.126 e. The van der Waals surface area contributed by atoms with Crippen LogP contribution in [0.4, 0.5) is 4.39 Å². The van der Waals surface area contributed by atoms with Gasteiger partial charge in [0.05, 0.1) is 0 Å². The van der Waals surface area contributed by atoms with Crippen LogP contribution in [0.3, 0.4) is 0 Å². The Bertz CT molecular complexity index is 390. The van der Waals surface area contributed by atoms with Gasteiger partial charge in [0.25, 0.3) is 0 Å². The second kappa shape index (κ2) is 6.53. The topological polar surface area (TPSA) is 12.0 Å². The van der Waals surface area contributed by atoms with E-state index in [2.05, 4.69) is 33.0 Å². The minimum Gasteiger partial charge on any atom is -0.315 e. The van der Waals surface area contributed by atoms with Crippen molar-refractivity contribution in [3.8, 4) is 0 Å². The maximum atomic E-state index is 13.7. The number of benzene rings is 1. The molecule has 1 N–H and O–H groups in total. The minimum atomic E-state index is -0.163. The third kappa shape index (κ3) is 4.95. The van der Waals surface area contributed by atoms with Gasteiger partial charge in [0.2, 0.25) is 0 Å². The molecule has 0 aliphatic heterocycles. The summed E-state index contributed by atoms with van der Waals surface area (Å²) in [4.78, 5) is 0. The Morgan fingerprint density at radius 1 is 1.39 bits per heavy atom. The van der Waals surface area contributed by atoms with Crippen LogP contribution in [0.2, 0.25) is 5.02 Å². The molecule has 0 heterocycles. The van der Waals surface area contributed by atoms with E-state index in [0.29, 0.717) is 23.0 Å². The van der Waals surface area contributed by atoms with Crippen LogP contribution in [-0.4, -0.2) is 12.6 Å². The molecule has 3 heteroatoms. The highest BCUT2D eigenvalue weighted by atomic mass is 35.5. The second-order valence-corrected chi connectivity index (χ2v) is 6.18. The normalized spacial score (nSPS) is 13.7. The molecule has 102 valence electrons. The lowest BCUT2D eigenvalue weighted by Gasteiger charge is -2.28. The van der Waals surface area contributed by atoms with Crippen LogP contribution in [0.15, 0.2) is 18.2 Å². The van der Waals surface area contributed by atoms with Gasteiger partial charge < -0.3 is 5.32 Å². The van der Waals surface area contributed by atoms with Gasteiger partial charge in [0, 0.05) is 11.1 Å². The van der Waals surface area contributed by atoms with Crippen LogP contribution in [0.1, 0.15) is 39.7 Å². The van der Waals surface area contributed by atoms with Gasteiger partial charge in [-0.25, -0.2) is 4.39 Å². The number of halogens is 2. The van der Waals surface area contributed by atoms with Crippen molar-refractivity contribution in [1.82, 2.24) is 5.32 Å². The highest BCUT2D eigenvalue weighted by molar-refractivity contribution is 6.30. The van der Waals surface area contributed by atoms with Gasteiger partial charge in [-0.15, -0.1) is 0 Å². The Morgan fingerprint density at radius 3 is 2.67 bits per heavy atom. The number of nitrogens with one attached hydrogen (secondary N) is 1. The van der Waals surface area contributed by atoms with Crippen LogP contribution >= 0.6 is 11.6 Å². The summed E-state index contributed by atoms with van der Waals surface area (Å²) < 4.78 is 13.7. The van der Waals surface area contributed by atoms with Gasteiger partial charge in [-0.1, -0.05) is 32.4 Å². The predicted molar refractivity (Wildman–Crippen MR) is 76.7 cm³/mol. The summed E-state index contributed by atoms with van der Waals surface area (Å²) in [5.41, 5.74) is 0.754. The van der Waals surface area contributed by atoms with E-state index in [1.54, 1.807) is 12.1 Å². The standard InChI is InChI=1S/C15H23ClFN/c1-5-18-11(2)9-15(3,4)10-12-8-13(16)6-7-14(12)17/h6-8,11,18H,5,9-10H2,1-4H3. The maximum Gasteiger partial charge on any atom is 0.126 e. The third-order valence-electron chi connectivity index (χ3n) is 3.09. The minimum absolute atomic E-state index is 0.0487. The molecule has 0 radical (unpaired) electrons. The summed E-state index contributed by atoms with van der Waals surface area (Å²) in [6, 6.07) is 5.21. The molecule has 0 saturated carbocycles. The lowest BCUT2D eigenvalue weighted by atomic mass is 9.80. The fraction of sp³-hybridized carbons (Fsp3) is 0.600. The molecule has 18 heavy (non-hydrogen) atoms. The van der Waals surface area contributed by atoms with E-state index in [4.69, 9.17) is 11.6 Å². The van der Waals surface area contributed by atoms with Gasteiger partial charge in [0.15, 0.2) is 0 Å². The summed E-state index contributed by atoms with van der Waals surface area (Å²) in [5, 5.41) is 3.99. The van der Waals surface area contributed by atoms with Crippen LogP contribution in [-0.2, 0) is 6.42 Å². The second-order valence-electron chi connectivity index (χ2n) is 5.74. The van der Waals surface area contributed by atoms with E-state index in [-0.39, 0.29) is 11.2 Å². The first-order valence-corrected chi connectivity index (χ1v) is 6.89. The zero-order chi connectivity index (χ0) is 13.8. The van der Waals surface area contributed by atoms with Gasteiger partial charge in [0.1, 0.15) is 5.82 Å². The maximum absolute atomic E-state index is 13.7. The van der Waals surface area contributed by atoms with Crippen molar-refractivity contribution in [2.45, 2.75) is 46.6 Å². The van der Waals surface area contributed by atoms with Crippen LogP contribution in [0.25, 0.3) is 0 Å². The zero-order valence-corrected chi connectivity index (χ0v) is 12.4. The summed E-state index contributed by atoms with van der Waals surface area (Å²) in [7, 11) is 0. The molecule has 0 aliphatic carbocycles. The summed E-state index contributed by atoms with van der Waals surface area (Å²) in [6.45, 7) is 9.56. The van der Waals surface area contributed by atoms with Crippen molar-refractivity contribution in [1.29, 1.82) is 0 Å². The molecule has 0 spiro atoms. The van der Waals surface area contributed by atoms with Gasteiger partial charge in [-0.05, 0) is 55.5 Å². The Morgan fingerprint density at radius 2 is 2.06 bits per heavy atom. The molecule has 0 amide bonds. The lowest BCUT2D eigenvalue weighted by molar-refractivity contribution is 0.285. The lowest BCUT2D eigenvalue weighted by Crippen LogP contribution is -2.32. The monoisotopic (exact) mass is 271 g/mol. The van der Waals surface area contributed by atoms with E-state index in [9.17, 15) is 4.39 Å². The van der Waals surface area contributed by atoms with Gasteiger partial charge in [-0.2, -0.15) is 0 Å². The Labute approximate surface area is 115 Å². The first-order valence-electron chi connectivity index (χ1n) is 6.51. The predicted octanol–water partition coefficient (Wildman–Crippen LogP) is 4.44. The average molecular weight is 272 g/mol. The molecule has 1 aromatic rings. The van der Waals surface area contributed by atoms with Crippen molar-refractivity contribution in [3.63, 3.8) is 0 Å². The fourth-order valence-corrected chi connectivity index (χ4v) is 2.71. The van der Waals surface area contributed by atoms with E-state index >= 15 is 0 Å². The number of hydrogen-bond acceptors (Lipinski definition) is 1. The van der Waals surface area contributed by atoms with Crippen molar-refractivity contribution in [2.24, 2.45) is 5.41 Å². The van der Waals surface area contributed by atoms with Gasteiger partial charge in [-0.3, -0.25) is 0 Å². The van der Waals surface area contributed by atoms with Crippen molar-refractivity contribution >= 4 is 11.6 Å². The molecular formula is C15H23ClFN. The first-order chi connectivity index (χ1) is 8.34. The molecular weight excluding hydrogens is 249 g/mol. The first kappa shape index (κ1) is 15.5. The quantitative estimate of drug-likeness (QED) is 0.807. The molecule has 1 aromatic carbocycles. The highest BCUT2D eigenvalue weighted by Gasteiger charge is 2.22. The van der Waals surface area contributed by atoms with E-state index in [1.165, 1.54) is 6.07 Å². The Balaban J connectivity index is 2.72. The van der Waals surface area contributed by atoms with E-state index < -0.39 is 0 Å². The molecule has 1 unspecified atom stereocenters. The summed E-state index contributed by atoms with van der Waals surface area (Å²) in [6.07, 6.45) is 1.71. The van der Waals surface area contributed by atoms with Crippen LogP contribution in [0.5, 0.6) is 0 Å². The van der Waals surface area contributed by atoms with Crippen LogP contribution in [0, 0.1) is 11.2 Å². The summed E-state index contributed by atoms with van der Waals surface area (Å²) in [5.74, 6) is -0.163. The average Bonchev–Trinajstić information content (AvgIpc) is 2.22. The van der Waals surface area contributed by atoms with Crippen molar-refractivity contribution in [2.75, 3.05) is 6.54 Å². The molecule has 0 saturated heterocycles. The van der Waals surface area contributed by atoms with Crippen molar-refractivity contribution < 1.29 is 4.39 Å².